The van der Waals surface area contributed by atoms with Gasteiger partial charge >= 0.3 is 0 Å². The third-order valence-corrected chi connectivity index (χ3v) is 3.15. The summed E-state index contributed by atoms with van der Waals surface area (Å²) in [5.41, 5.74) is 0.844. The summed E-state index contributed by atoms with van der Waals surface area (Å²) in [5.74, 6) is 1.68. The molecule has 0 bridgehead atoms. The van der Waals surface area contributed by atoms with Crippen molar-refractivity contribution in [1.82, 2.24) is 5.32 Å². The lowest BCUT2D eigenvalue weighted by atomic mass is 9.91. The Morgan fingerprint density at radius 1 is 1.29 bits per heavy atom. The SMILES string of the molecule is COc1ccc(OC)c(C2(C)COCCN2)c1. The van der Waals surface area contributed by atoms with Gasteiger partial charge < -0.3 is 19.5 Å². The molecule has 2 rings (SSSR count). The zero-order valence-electron chi connectivity index (χ0n) is 10.6. The second-order valence-corrected chi connectivity index (χ2v) is 4.38. The number of ether oxygens (including phenoxy) is 3. The molecule has 1 unspecified atom stereocenters. The van der Waals surface area contributed by atoms with Gasteiger partial charge in [0.05, 0.1) is 33.0 Å². The molecule has 1 N–H and O–H groups in total. The molecule has 1 fully saturated rings. The van der Waals surface area contributed by atoms with Crippen LogP contribution in [0.1, 0.15) is 12.5 Å². The van der Waals surface area contributed by atoms with E-state index in [1.165, 1.54) is 0 Å². The van der Waals surface area contributed by atoms with Crippen LogP contribution in [0.4, 0.5) is 0 Å². The summed E-state index contributed by atoms with van der Waals surface area (Å²) >= 11 is 0. The van der Waals surface area contributed by atoms with Crippen LogP contribution in [-0.2, 0) is 10.3 Å². The summed E-state index contributed by atoms with van der Waals surface area (Å²) < 4.78 is 16.2. The normalized spacial score (nSPS) is 24.4. The molecule has 1 atom stereocenters. The van der Waals surface area contributed by atoms with E-state index in [1.807, 2.05) is 18.2 Å². The molecule has 0 amide bonds. The van der Waals surface area contributed by atoms with Crippen LogP contribution in [0, 0.1) is 0 Å². The van der Waals surface area contributed by atoms with E-state index in [1.54, 1.807) is 14.2 Å². The smallest absolute Gasteiger partial charge is 0.124 e. The maximum Gasteiger partial charge on any atom is 0.124 e. The molecule has 17 heavy (non-hydrogen) atoms. The molecule has 0 spiro atoms. The predicted molar refractivity (Wildman–Crippen MR) is 65.7 cm³/mol. The number of hydrogen-bond donors (Lipinski definition) is 1. The highest BCUT2D eigenvalue weighted by atomic mass is 16.5. The van der Waals surface area contributed by atoms with E-state index in [0.29, 0.717) is 6.61 Å². The van der Waals surface area contributed by atoms with Crippen molar-refractivity contribution in [3.63, 3.8) is 0 Å². The third-order valence-electron chi connectivity index (χ3n) is 3.15. The van der Waals surface area contributed by atoms with E-state index in [9.17, 15) is 0 Å². The first-order chi connectivity index (χ1) is 8.19. The van der Waals surface area contributed by atoms with Gasteiger partial charge in [-0.3, -0.25) is 0 Å². The van der Waals surface area contributed by atoms with Crippen molar-refractivity contribution in [1.29, 1.82) is 0 Å². The minimum Gasteiger partial charge on any atom is -0.497 e. The molecule has 0 aromatic heterocycles. The minimum atomic E-state index is -0.224. The topological polar surface area (TPSA) is 39.7 Å². The van der Waals surface area contributed by atoms with Crippen molar-refractivity contribution in [3.8, 4) is 11.5 Å². The highest BCUT2D eigenvalue weighted by molar-refractivity contribution is 5.44. The van der Waals surface area contributed by atoms with Gasteiger partial charge in [0, 0.05) is 12.1 Å². The average Bonchev–Trinajstić information content (AvgIpc) is 2.39. The van der Waals surface area contributed by atoms with Gasteiger partial charge in [0.1, 0.15) is 11.5 Å². The van der Waals surface area contributed by atoms with Crippen molar-refractivity contribution in [2.24, 2.45) is 0 Å². The Hall–Kier alpha value is -1.26. The molecule has 1 aromatic carbocycles. The van der Waals surface area contributed by atoms with Crippen LogP contribution >= 0.6 is 0 Å². The van der Waals surface area contributed by atoms with Crippen molar-refractivity contribution in [2.75, 3.05) is 34.0 Å². The number of hydrogen-bond acceptors (Lipinski definition) is 4. The average molecular weight is 237 g/mol. The summed E-state index contributed by atoms with van der Waals surface area (Å²) in [6, 6.07) is 5.82. The molecule has 4 heteroatoms. The van der Waals surface area contributed by atoms with Gasteiger partial charge in [-0.2, -0.15) is 0 Å². The minimum absolute atomic E-state index is 0.224. The number of morpholine rings is 1. The molecule has 0 radical (unpaired) electrons. The van der Waals surface area contributed by atoms with Gasteiger partial charge in [-0.05, 0) is 25.1 Å². The first kappa shape index (κ1) is 12.2. The van der Waals surface area contributed by atoms with Gasteiger partial charge in [0.15, 0.2) is 0 Å². The largest absolute Gasteiger partial charge is 0.497 e. The molecule has 1 heterocycles. The van der Waals surface area contributed by atoms with E-state index in [0.717, 1.165) is 30.2 Å². The summed E-state index contributed by atoms with van der Waals surface area (Å²) in [6.07, 6.45) is 0. The molecular formula is C13H19NO3. The second kappa shape index (κ2) is 4.94. The summed E-state index contributed by atoms with van der Waals surface area (Å²) in [5, 5.41) is 3.48. The summed E-state index contributed by atoms with van der Waals surface area (Å²) in [7, 11) is 3.34. The Morgan fingerprint density at radius 3 is 2.71 bits per heavy atom. The van der Waals surface area contributed by atoms with E-state index < -0.39 is 0 Å². The van der Waals surface area contributed by atoms with Crippen molar-refractivity contribution >= 4 is 0 Å². The van der Waals surface area contributed by atoms with Crippen LogP contribution in [0.5, 0.6) is 11.5 Å². The lowest BCUT2D eigenvalue weighted by Crippen LogP contribution is -2.49. The van der Waals surface area contributed by atoms with Gasteiger partial charge in [0.2, 0.25) is 0 Å². The van der Waals surface area contributed by atoms with E-state index >= 15 is 0 Å². The maximum absolute atomic E-state index is 5.55. The second-order valence-electron chi connectivity index (χ2n) is 4.38. The first-order valence-electron chi connectivity index (χ1n) is 5.75. The summed E-state index contributed by atoms with van der Waals surface area (Å²) in [4.78, 5) is 0. The van der Waals surface area contributed by atoms with Crippen molar-refractivity contribution < 1.29 is 14.2 Å². The Kier molecular flexibility index (Phi) is 3.54. The molecule has 1 aliphatic rings. The number of nitrogens with one attached hydrogen (secondary N) is 1. The van der Waals surface area contributed by atoms with Crippen LogP contribution in [0.3, 0.4) is 0 Å². The number of methoxy groups -OCH3 is 2. The van der Waals surface area contributed by atoms with Gasteiger partial charge in [-0.15, -0.1) is 0 Å². The van der Waals surface area contributed by atoms with Crippen molar-refractivity contribution in [3.05, 3.63) is 23.8 Å². The first-order valence-corrected chi connectivity index (χ1v) is 5.75. The monoisotopic (exact) mass is 237 g/mol. The molecule has 1 aromatic rings. The molecule has 94 valence electrons. The lowest BCUT2D eigenvalue weighted by Gasteiger charge is -2.36. The maximum atomic E-state index is 5.55. The molecule has 4 nitrogen and oxygen atoms in total. The fourth-order valence-corrected chi connectivity index (χ4v) is 2.14. The highest BCUT2D eigenvalue weighted by Crippen LogP contribution is 2.34. The molecule has 0 aliphatic carbocycles. The fraction of sp³-hybridized carbons (Fsp3) is 0.538. The molecule has 1 saturated heterocycles. The van der Waals surface area contributed by atoms with Crippen LogP contribution in [0.25, 0.3) is 0 Å². The standard InChI is InChI=1S/C13H19NO3/c1-13(9-17-7-6-14-13)11-8-10(15-2)4-5-12(11)16-3/h4-5,8,14H,6-7,9H2,1-3H3. The Labute approximate surface area is 102 Å². The molecule has 1 aliphatic heterocycles. The van der Waals surface area contributed by atoms with Gasteiger partial charge in [-0.1, -0.05) is 0 Å². The lowest BCUT2D eigenvalue weighted by molar-refractivity contribution is 0.0328. The van der Waals surface area contributed by atoms with Crippen LogP contribution in [0.15, 0.2) is 18.2 Å². The van der Waals surface area contributed by atoms with Crippen LogP contribution in [0.2, 0.25) is 0 Å². The fourth-order valence-electron chi connectivity index (χ4n) is 2.14. The van der Waals surface area contributed by atoms with E-state index in [4.69, 9.17) is 14.2 Å². The van der Waals surface area contributed by atoms with Gasteiger partial charge in [0.25, 0.3) is 0 Å². The zero-order chi connectivity index (χ0) is 12.3. The van der Waals surface area contributed by atoms with Crippen LogP contribution in [-0.4, -0.2) is 34.0 Å². The highest BCUT2D eigenvalue weighted by Gasteiger charge is 2.32. The quantitative estimate of drug-likeness (QED) is 0.865. The van der Waals surface area contributed by atoms with Crippen LogP contribution < -0.4 is 14.8 Å². The van der Waals surface area contributed by atoms with E-state index in [2.05, 4.69) is 12.2 Å². The molecule has 0 saturated carbocycles. The zero-order valence-corrected chi connectivity index (χ0v) is 10.6. The Balaban J connectivity index is 2.40. The Bertz CT molecular complexity index is 386. The van der Waals surface area contributed by atoms with Crippen molar-refractivity contribution in [2.45, 2.75) is 12.5 Å². The summed E-state index contributed by atoms with van der Waals surface area (Å²) in [6.45, 7) is 4.35. The number of benzene rings is 1. The Morgan fingerprint density at radius 2 is 2.12 bits per heavy atom. The predicted octanol–water partition coefficient (Wildman–Crippen LogP) is 1.54. The molecular weight excluding hydrogens is 218 g/mol. The third kappa shape index (κ3) is 2.37. The van der Waals surface area contributed by atoms with Gasteiger partial charge in [-0.25, -0.2) is 0 Å². The number of rotatable bonds is 3. The van der Waals surface area contributed by atoms with E-state index in [-0.39, 0.29) is 5.54 Å².